The highest BCUT2D eigenvalue weighted by Gasteiger charge is 2.20. The van der Waals surface area contributed by atoms with Crippen LogP contribution in [0, 0.1) is 5.92 Å². The standard InChI is InChI=1S/C14H18ClNO2/c15-12-4-6-13(7-5-12)16-9-1-2-11(10-16)3-8-14(17)18/h4-7,11H,1-3,8-10H2,(H,17,18). The van der Waals surface area contributed by atoms with E-state index < -0.39 is 5.97 Å². The number of carboxylic acid groups (broad SMARTS) is 1. The van der Waals surface area contributed by atoms with E-state index in [1.165, 1.54) is 5.69 Å². The molecule has 1 saturated heterocycles. The molecule has 1 N–H and O–H groups in total. The van der Waals surface area contributed by atoms with Crippen molar-refractivity contribution in [3.8, 4) is 0 Å². The van der Waals surface area contributed by atoms with Gasteiger partial charge in [0.2, 0.25) is 0 Å². The molecule has 0 spiro atoms. The molecule has 0 saturated carbocycles. The summed E-state index contributed by atoms with van der Waals surface area (Å²) in [4.78, 5) is 12.9. The zero-order valence-electron chi connectivity index (χ0n) is 10.3. The molecule has 0 aliphatic carbocycles. The third kappa shape index (κ3) is 3.64. The van der Waals surface area contributed by atoms with Crippen LogP contribution in [0.4, 0.5) is 5.69 Å². The maximum Gasteiger partial charge on any atom is 0.303 e. The highest BCUT2D eigenvalue weighted by Crippen LogP contribution is 2.26. The minimum absolute atomic E-state index is 0.277. The van der Waals surface area contributed by atoms with Crippen molar-refractivity contribution in [1.82, 2.24) is 0 Å². The molecule has 0 aromatic heterocycles. The van der Waals surface area contributed by atoms with E-state index in [9.17, 15) is 4.79 Å². The van der Waals surface area contributed by atoms with Gasteiger partial charge in [-0.1, -0.05) is 11.6 Å². The Labute approximate surface area is 112 Å². The number of hydrogen-bond acceptors (Lipinski definition) is 2. The number of rotatable bonds is 4. The number of nitrogens with zero attached hydrogens (tertiary/aromatic N) is 1. The fourth-order valence-corrected chi connectivity index (χ4v) is 2.64. The summed E-state index contributed by atoms with van der Waals surface area (Å²) in [5.74, 6) is -0.204. The Morgan fingerprint density at radius 3 is 2.78 bits per heavy atom. The van der Waals surface area contributed by atoms with Crippen molar-refractivity contribution in [3.05, 3.63) is 29.3 Å². The van der Waals surface area contributed by atoms with Crippen LogP contribution in [-0.2, 0) is 4.79 Å². The smallest absolute Gasteiger partial charge is 0.303 e. The van der Waals surface area contributed by atoms with E-state index >= 15 is 0 Å². The van der Waals surface area contributed by atoms with E-state index in [4.69, 9.17) is 16.7 Å². The van der Waals surface area contributed by atoms with Gasteiger partial charge in [-0.3, -0.25) is 4.79 Å². The summed E-state index contributed by atoms with van der Waals surface area (Å²) in [6, 6.07) is 7.86. The quantitative estimate of drug-likeness (QED) is 0.909. The lowest BCUT2D eigenvalue weighted by atomic mass is 9.93. The lowest BCUT2D eigenvalue weighted by Crippen LogP contribution is -2.35. The molecule has 1 unspecified atom stereocenters. The summed E-state index contributed by atoms with van der Waals surface area (Å²) < 4.78 is 0. The lowest BCUT2D eigenvalue weighted by molar-refractivity contribution is -0.137. The lowest BCUT2D eigenvalue weighted by Gasteiger charge is -2.34. The zero-order chi connectivity index (χ0) is 13.0. The molecular formula is C14H18ClNO2. The molecule has 3 nitrogen and oxygen atoms in total. The number of benzene rings is 1. The number of hydrogen-bond donors (Lipinski definition) is 1. The van der Waals surface area contributed by atoms with Gasteiger partial charge in [-0.05, 0) is 49.4 Å². The summed E-state index contributed by atoms with van der Waals surface area (Å²) in [5, 5.41) is 9.48. The second-order valence-corrected chi connectivity index (χ2v) is 5.30. The van der Waals surface area contributed by atoms with Crippen LogP contribution in [0.25, 0.3) is 0 Å². The van der Waals surface area contributed by atoms with E-state index in [0.29, 0.717) is 5.92 Å². The number of halogens is 1. The minimum Gasteiger partial charge on any atom is -0.481 e. The van der Waals surface area contributed by atoms with Crippen molar-refractivity contribution in [2.45, 2.75) is 25.7 Å². The van der Waals surface area contributed by atoms with Gasteiger partial charge in [-0.15, -0.1) is 0 Å². The molecule has 1 aliphatic rings. The average molecular weight is 268 g/mol. The van der Waals surface area contributed by atoms with Gasteiger partial charge in [-0.2, -0.15) is 0 Å². The Morgan fingerprint density at radius 1 is 1.39 bits per heavy atom. The van der Waals surface area contributed by atoms with Crippen LogP contribution in [0.5, 0.6) is 0 Å². The average Bonchev–Trinajstić information content (AvgIpc) is 2.37. The molecule has 0 amide bonds. The highest BCUT2D eigenvalue weighted by molar-refractivity contribution is 6.30. The van der Waals surface area contributed by atoms with Crippen molar-refractivity contribution >= 4 is 23.3 Å². The van der Waals surface area contributed by atoms with Crippen molar-refractivity contribution in [2.75, 3.05) is 18.0 Å². The topological polar surface area (TPSA) is 40.5 Å². The minimum atomic E-state index is -0.696. The summed E-state index contributed by atoms with van der Waals surface area (Å²) in [6.45, 7) is 2.00. The summed E-state index contributed by atoms with van der Waals surface area (Å²) in [7, 11) is 0. The monoisotopic (exact) mass is 267 g/mol. The molecule has 2 rings (SSSR count). The van der Waals surface area contributed by atoms with Gasteiger partial charge in [-0.25, -0.2) is 0 Å². The van der Waals surface area contributed by atoms with E-state index in [0.717, 1.165) is 37.4 Å². The molecule has 1 heterocycles. The molecular weight excluding hydrogens is 250 g/mol. The first kappa shape index (κ1) is 13.2. The summed E-state index contributed by atoms with van der Waals surface area (Å²) >= 11 is 5.88. The van der Waals surface area contributed by atoms with E-state index in [-0.39, 0.29) is 6.42 Å². The number of carbonyl (C=O) groups is 1. The molecule has 98 valence electrons. The van der Waals surface area contributed by atoms with Gasteiger partial charge in [0.1, 0.15) is 0 Å². The van der Waals surface area contributed by atoms with E-state index in [2.05, 4.69) is 4.90 Å². The van der Waals surface area contributed by atoms with Gasteiger partial charge in [0, 0.05) is 30.2 Å². The molecule has 0 bridgehead atoms. The van der Waals surface area contributed by atoms with Crippen LogP contribution in [0.15, 0.2) is 24.3 Å². The molecule has 4 heteroatoms. The number of anilines is 1. The molecule has 1 atom stereocenters. The van der Waals surface area contributed by atoms with E-state index in [1.54, 1.807) is 0 Å². The van der Waals surface area contributed by atoms with Gasteiger partial charge < -0.3 is 10.0 Å². The molecule has 0 radical (unpaired) electrons. The Balaban J connectivity index is 1.93. The van der Waals surface area contributed by atoms with Crippen LogP contribution in [-0.4, -0.2) is 24.2 Å². The van der Waals surface area contributed by atoms with Crippen molar-refractivity contribution in [2.24, 2.45) is 5.92 Å². The number of carboxylic acids is 1. The predicted molar refractivity (Wildman–Crippen MR) is 73.3 cm³/mol. The Hall–Kier alpha value is -1.22. The van der Waals surface area contributed by atoms with Crippen molar-refractivity contribution in [3.63, 3.8) is 0 Å². The van der Waals surface area contributed by atoms with E-state index in [1.807, 2.05) is 24.3 Å². The molecule has 1 aliphatic heterocycles. The van der Waals surface area contributed by atoms with Gasteiger partial charge >= 0.3 is 5.97 Å². The fourth-order valence-electron chi connectivity index (χ4n) is 2.51. The SMILES string of the molecule is O=C(O)CCC1CCCN(c2ccc(Cl)cc2)C1. The first-order valence-corrected chi connectivity index (χ1v) is 6.75. The second-order valence-electron chi connectivity index (χ2n) is 4.86. The van der Waals surface area contributed by atoms with Crippen LogP contribution in [0.1, 0.15) is 25.7 Å². The third-order valence-electron chi connectivity index (χ3n) is 3.48. The van der Waals surface area contributed by atoms with Crippen LogP contribution in [0.2, 0.25) is 5.02 Å². The molecule has 18 heavy (non-hydrogen) atoms. The number of aliphatic carboxylic acids is 1. The highest BCUT2D eigenvalue weighted by atomic mass is 35.5. The van der Waals surface area contributed by atoms with Crippen LogP contribution < -0.4 is 4.90 Å². The van der Waals surface area contributed by atoms with Gasteiger partial charge in [0.05, 0.1) is 0 Å². The first-order valence-electron chi connectivity index (χ1n) is 6.37. The molecule has 1 aromatic carbocycles. The Bertz CT molecular complexity index is 405. The molecule has 1 aromatic rings. The van der Waals surface area contributed by atoms with Gasteiger partial charge in [0.15, 0.2) is 0 Å². The summed E-state index contributed by atoms with van der Waals surface area (Å²) in [6.07, 6.45) is 3.32. The Morgan fingerprint density at radius 2 is 2.11 bits per heavy atom. The van der Waals surface area contributed by atoms with Crippen LogP contribution in [0.3, 0.4) is 0 Å². The fraction of sp³-hybridized carbons (Fsp3) is 0.500. The molecule has 1 fully saturated rings. The van der Waals surface area contributed by atoms with Crippen molar-refractivity contribution in [1.29, 1.82) is 0 Å². The third-order valence-corrected chi connectivity index (χ3v) is 3.73. The van der Waals surface area contributed by atoms with Crippen LogP contribution >= 0.6 is 11.6 Å². The van der Waals surface area contributed by atoms with Crippen molar-refractivity contribution < 1.29 is 9.90 Å². The van der Waals surface area contributed by atoms with Gasteiger partial charge in [0.25, 0.3) is 0 Å². The zero-order valence-corrected chi connectivity index (χ0v) is 11.1. The number of piperidine rings is 1. The maximum absolute atomic E-state index is 10.6. The predicted octanol–water partition coefficient (Wildman–Crippen LogP) is 3.42. The Kier molecular flexibility index (Phi) is 4.48. The maximum atomic E-state index is 10.6. The first-order chi connectivity index (χ1) is 8.65. The summed E-state index contributed by atoms with van der Waals surface area (Å²) in [5.41, 5.74) is 1.18. The normalized spacial score (nSPS) is 19.8. The second kappa shape index (κ2) is 6.10. The largest absolute Gasteiger partial charge is 0.481 e.